The first kappa shape index (κ1) is 12.7. The molecule has 0 saturated carbocycles. The average Bonchev–Trinajstić information content (AvgIpc) is 2.17. The molecule has 0 spiro atoms. The van der Waals surface area contributed by atoms with Gasteiger partial charge < -0.3 is 9.47 Å². The summed E-state index contributed by atoms with van der Waals surface area (Å²) in [5.74, 6) is 0.645. The van der Waals surface area contributed by atoms with E-state index < -0.39 is 6.61 Å². The zero-order valence-corrected chi connectivity index (χ0v) is 10.9. The molecule has 2 nitrogen and oxygen atoms in total. The second-order valence-electron chi connectivity index (χ2n) is 2.50. The van der Waals surface area contributed by atoms with Crippen molar-refractivity contribution in [1.29, 1.82) is 0 Å². The number of ether oxygens (including phenoxy) is 2. The van der Waals surface area contributed by atoms with Crippen molar-refractivity contribution < 1.29 is 18.3 Å². The van der Waals surface area contributed by atoms with Gasteiger partial charge in [-0.05, 0) is 50.9 Å². The lowest BCUT2D eigenvalue weighted by atomic mass is 10.3. The lowest BCUT2D eigenvalue weighted by Gasteiger charge is -2.11. The highest BCUT2D eigenvalue weighted by Gasteiger charge is 2.14. The third-order valence-corrected chi connectivity index (χ3v) is 3.63. The van der Waals surface area contributed by atoms with Crippen LogP contribution in [0.1, 0.15) is 6.92 Å². The zero-order valence-electron chi connectivity index (χ0n) is 7.77. The summed E-state index contributed by atoms with van der Waals surface area (Å²) in [6.45, 7) is -0.504. The molecule has 1 aromatic rings. The number of hydrogen-bond donors (Lipinski definition) is 0. The Labute approximate surface area is 103 Å². The van der Waals surface area contributed by atoms with Crippen LogP contribution in [0.25, 0.3) is 0 Å². The van der Waals surface area contributed by atoms with Crippen molar-refractivity contribution in [3.8, 4) is 11.5 Å². The lowest BCUT2D eigenvalue weighted by molar-refractivity contribution is -0.0504. The van der Waals surface area contributed by atoms with Crippen LogP contribution in [0, 0.1) is 0 Å². The molecule has 1 rings (SSSR count). The van der Waals surface area contributed by atoms with Crippen molar-refractivity contribution in [3.05, 3.63) is 21.1 Å². The molecule has 84 valence electrons. The lowest BCUT2D eigenvalue weighted by Crippen LogP contribution is -2.03. The number of rotatable bonds is 4. The first-order valence-electron chi connectivity index (χ1n) is 4.11. The summed E-state index contributed by atoms with van der Waals surface area (Å²) < 4.78 is 34.5. The van der Waals surface area contributed by atoms with E-state index in [9.17, 15) is 8.78 Å². The van der Waals surface area contributed by atoms with E-state index in [1.165, 1.54) is 6.07 Å². The van der Waals surface area contributed by atoms with Crippen molar-refractivity contribution in [2.24, 2.45) is 0 Å². The summed E-state index contributed by atoms with van der Waals surface area (Å²) in [6.07, 6.45) is 0. The quantitative estimate of drug-likeness (QED) is 0.813. The Morgan fingerprint density at radius 2 is 1.73 bits per heavy atom. The topological polar surface area (TPSA) is 18.5 Å². The van der Waals surface area contributed by atoms with Gasteiger partial charge in [-0.25, -0.2) is 0 Å². The van der Waals surface area contributed by atoms with Gasteiger partial charge in [0, 0.05) is 0 Å². The van der Waals surface area contributed by atoms with E-state index in [2.05, 4.69) is 36.6 Å². The second kappa shape index (κ2) is 5.65. The normalized spacial score (nSPS) is 10.5. The molecular weight excluding hydrogens is 338 g/mol. The van der Waals surface area contributed by atoms with Gasteiger partial charge in [-0.2, -0.15) is 8.78 Å². The van der Waals surface area contributed by atoms with Crippen LogP contribution in [0.15, 0.2) is 21.1 Å². The molecule has 0 amide bonds. The predicted molar refractivity (Wildman–Crippen MR) is 59.6 cm³/mol. The van der Waals surface area contributed by atoms with Crippen LogP contribution in [0.2, 0.25) is 0 Å². The highest BCUT2D eigenvalue weighted by molar-refractivity contribution is 9.13. The van der Waals surface area contributed by atoms with Crippen LogP contribution < -0.4 is 9.47 Å². The van der Waals surface area contributed by atoms with Crippen LogP contribution >= 0.6 is 31.9 Å². The van der Waals surface area contributed by atoms with Crippen molar-refractivity contribution in [3.63, 3.8) is 0 Å². The molecule has 0 aromatic heterocycles. The van der Waals surface area contributed by atoms with E-state index in [-0.39, 0.29) is 5.75 Å². The van der Waals surface area contributed by atoms with Crippen LogP contribution in [-0.4, -0.2) is 13.2 Å². The van der Waals surface area contributed by atoms with Gasteiger partial charge in [0.1, 0.15) is 11.5 Å². The largest absolute Gasteiger partial charge is 0.493 e. The van der Waals surface area contributed by atoms with E-state index >= 15 is 0 Å². The number of alkyl halides is 2. The fourth-order valence-corrected chi connectivity index (χ4v) is 1.83. The fraction of sp³-hybridized carbons (Fsp3) is 0.333. The molecule has 0 aliphatic heterocycles. The molecule has 1 aromatic carbocycles. The maximum absolute atomic E-state index is 12.0. The fourth-order valence-electron chi connectivity index (χ4n) is 0.968. The van der Waals surface area contributed by atoms with Gasteiger partial charge in [0.25, 0.3) is 0 Å². The van der Waals surface area contributed by atoms with Gasteiger partial charge in [0.05, 0.1) is 15.6 Å². The second-order valence-corrected chi connectivity index (χ2v) is 4.09. The molecule has 0 aliphatic rings. The first-order chi connectivity index (χ1) is 7.06. The molecule has 0 N–H and O–H groups in total. The average molecular weight is 346 g/mol. The Kier molecular flexibility index (Phi) is 4.79. The van der Waals surface area contributed by atoms with Crippen molar-refractivity contribution in [2.45, 2.75) is 13.5 Å². The summed E-state index contributed by atoms with van der Waals surface area (Å²) in [5.41, 5.74) is 0. The summed E-state index contributed by atoms with van der Waals surface area (Å²) in [6, 6.07) is 2.99. The smallest absolute Gasteiger partial charge is 0.387 e. The zero-order chi connectivity index (χ0) is 11.4. The minimum absolute atomic E-state index is 0.0697. The highest BCUT2D eigenvalue weighted by atomic mass is 79.9. The monoisotopic (exact) mass is 344 g/mol. The van der Waals surface area contributed by atoms with Crippen LogP contribution in [0.5, 0.6) is 11.5 Å². The van der Waals surface area contributed by atoms with Crippen molar-refractivity contribution in [1.82, 2.24) is 0 Å². The van der Waals surface area contributed by atoms with Crippen molar-refractivity contribution in [2.75, 3.05) is 6.61 Å². The third-order valence-electron chi connectivity index (χ3n) is 1.53. The Morgan fingerprint density at radius 1 is 1.20 bits per heavy atom. The van der Waals surface area contributed by atoms with Crippen LogP contribution in [0.4, 0.5) is 8.78 Å². The number of hydrogen-bond acceptors (Lipinski definition) is 2. The maximum atomic E-state index is 12.0. The van der Waals surface area contributed by atoms with Crippen LogP contribution in [0.3, 0.4) is 0 Å². The van der Waals surface area contributed by atoms with Gasteiger partial charge >= 0.3 is 6.61 Å². The maximum Gasteiger partial charge on any atom is 0.387 e. The minimum atomic E-state index is -2.84. The summed E-state index contributed by atoms with van der Waals surface area (Å²) in [5, 5.41) is 0. The Balaban J connectivity index is 2.98. The SMILES string of the molecule is CCOc1ccc(OC(F)F)c(Br)c1Br. The molecule has 0 heterocycles. The van der Waals surface area contributed by atoms with Gasteiger partial charge in [-0.1, -0.05) is 0 Å². The molecule has 0 aliphatic carbocycles. The number of halogens is 4. The molecule has 0 fully saturated rings. The highest BCUT2D eigenvalue weighted by Crippen LogP contribution is 2.39. The molecule has 15 heavy (non-hydrogen) atoms. The van der Waals surface area contributed by atoms with E-state index in [0.717, 1.165) is 0 Å². The molecule has 0 unspecified atom stereocenters. The number of benzene rings is 1. The molecule has 0 radical (unpaired) electrons. The summed E-state index contributed by atoms with van der Waals surface area (Å²) in [7, 11) is 0. The van der Waals surface area contributed by atoms with Crippen LogP contribution in [-0.2, 0) is 0 Å². The predicted octanol–water partition coefficient (Wildman–Crippen LogP) is 4.21. The van der Waals surface area contributed by atoms with Crippen molar-refractivity contribution >= 4 is 31.9 Å². The van der Waals surface area contributed by atoms with Gasteiger partial charge in [-0.3, -0.25) is 0 Å². The Bertz CT molecular complexity index is 345. The van der Waals surface area contributed by atoms with E-state index in [4.69, 9.17) is 4.74 Å². The third kappa shape index (κ3) is 3.31. The molecular formula is C9H8Br2F2O2. The molecule has 0 bridgehead atoms. The van der Waals surface area contributed by atoms with E-state index in [0.29, 0.717) is 21.3 Å². The van der Waals surface area contributed by atoms with Gasteiger partial charge in [0.15, 0.2) is 0 Å². The molecule has 0 saturated heterocycles. The minimum Gasteiger partial charge on any atom is -0.493 e. The molecule has 6 heteroatoms. The van der Waals surface area contributed by atoms with Gasteiger partial charge in [0.2, 0.25) is 0 Å². The Morgan fingerprint density at radius 3 is 2.27 bits per heavy atom. The van der Waals surface area contributed by atoms with E-state index in [1.807, 2.05) is 6.92 Å². The molecule has 0 atom stereocenters. The standard InChI is InChI=1S/C9H8Br2F2O2/c1-2-14-5-3-4-6(15-9(12)13)8(11)7(5)10/h3-4,9H,2H2,1H3. The first-order valence-corrected chi connectivity index (χ1v) is 5.70. The van der Waals surface area contributed by atoms with E-state index in [1.54, 1.807) is 6.07 Å². The van der Waals surface area contributed by atoms with Gasteiger partial charge in [-0.15, -0.1) is 0 Å². The summed E-state index contributed by atoms with van der Waals surface area (Å²) >= 11 is 6.37. The summed E-state index contributed by atoms with van der Waals surface area (Å²) in [4.78, 5) is 0. The Hall–Kier alpha value is -0.360.